The van der Waals surface area contributed by atoms with Gasteiger partial charge in [-0.3, -0.25) is 9.59 Å². The van der Waals surface area contributed by atoms with Crippen molar-refractivity contribution >= 4 is 11.8 Å². The Labute approximate surface area is 195 Å². The normalized spacial score (nSPS) is 13.1. The smallest absolute Gasteiger partial charge is 0.244 e. The van der Waals surface area contributed by atoms with Crippen LogP contribution in [-0.4, -0.2) is 55.5 Å². The van der Waals surface area contributed by atoms with Gasteiger partial charge in [-0.2, -0.15) is 0 Å². The van der Waals surface area contributed by atoms with E-state index in [1.54, 1.807) is 19.0 Å². The summed E-state index contributed by atoms with van der Waals surface area (Å²) in [5, 5.41) is 6.72. The zero-order chi connectivity index (χ0) is 23.8. The van der Waals surface area contributed by atoms with Crippen LogP contribution in [0, 0.1) is 0 Å². The lowest BCUT2D eigenvalue weighted by Gasteiger charge is -2.28. The minimum absolute atomic E-state index is 0.0673. The van der Waals surface area contributed by atoms with E-state index in [1.165, 1.54) is 0 Å². The molecule has 1 aromatic carbocycles. The van der Waals surface area contributed by atoms with E-state index in [4.69, 9.17) is 5.73 Å². The monoisotopic (exact) mass is 446 g/mol. The van der Waals surface area contributed by atoms with E-state index < -0.39 is 6.04 Å². The molecule has 2 amide bonds. The Bertz CT molecular complexity index is 628. The zero-order valence-corrected chi connectivity index (χ0v) is 20.7. The van der Waals surface area contributed by atoms with Crippen molar-refractivity contribution in [2.24, 2.45) is 5.73 Å². The van der Waals surface area contributed by atoms with E-state index in [0.29, 0.717) is 25.4 Å². The number of benzene rings is 1. The second-order valence-corrected chi connectivity index (χ2v) is 8.97. The van der Waals surface area contributed by atoms with Crippen molar-refractivity contribution < 1.29 is 9.59 Å². The Morgan fingerprint density at radius 1 is 0.906 bits per heavy atom. The molecule has 0 spiro atoms. The highest BCUT2D eigenvalue weighted by atomic mass is 16.2. The van der Waals surface area contributed by atoms with Crippen LogP contribution in [0.2, 0.25) is 0 Å². The summed E-state index contributed by atoms with van der Waals surface area (Å²) in [6.45, 7) is 4.99. The molecule has 1 aromatic rings. The summed E-state index contributed by atoms with van der Waals surface area (Å²) in [6, 6.07) is 9.51. The van der Waals surface area contributed by atoms with Crippen LogP contribution in [-0.2, 0) is 16.0 Å². The first-order chi connectivity index (χ1) is 15.4. The number of nitrogens with zero attached hydrogens (tertiary/aromatic N) is 1. The van der Waals surface area contributed by atoms with Crippen LogP contribution in [0.15, 0.2) is 30.3 Å². The lowest BCUT2D eigenvalue weighted by atomic mass is 9.99. The van der Waals surface area contributed by atoms with Gasteiger partial charge in [-0.1, -0.05) is 69.9 Å². The van der Waals surface area contributed by atoms with Crippen molar-refractivity contribution in [2.75, 3.05) is 20.6 Å². The maximum absolute atomic E-state index is 13.4. The molecule has 0 aliphatic rings. The lowest BCUT2D eigenvalue weighted by Crippen LogP contribution is -2.55. The molecule has 6 heteroatoms. The average molecular weight is 447 g/mol. The molecule has 0 aliphatic heterocycles. The average Bonchev–Trinajstić information content (AvgIpc) is 2.79. The second kappa shape index (κ2) is 16.7. The van der Waals surface area contributed by atoms with Crippen LogP contribution in [0.3, 0.4) is 0 Å². The number of carbonyl (C=O) groups excluding carboxylic acids is 2. The molecule has 0 fully saturated rings. The number of carbonyl (C=O) groups is 2. The summed E-state index contributed by atoms with van der Waals surface area (Å²) in [5.41, 5.74) is 6.74. The van der Waals surface area contributed by atoms with Gasteiger partial charge in [0.25, 0.3) is 0 Å². The van der Waals surface area contributed by atoms with Gasteiger partial charge in [0.1, 0.15) is 6.04 Å². The van der Waals surface area contributed by atoms with Crippen LogP contribution < -0.4 is 16.4 Å². The molecule has 0 radical (unpaired) electrons. The summed E-state index contributed by atoms with van der Waals surface area (Å²) in [6.07, 6.45) is 9.55. The van der Waals surface area contributed by atoms with E-state index in [0.717, 1.165) is 56.9 Å². The maximum Gasteiger partial charge on any atom is 0.244 e. The molecule has 4 N–H and O–H groups in total. The molecule has 0 saturated carbocycles. The molecule has 6 nitrogen and oxygen atoms in total. The fourth-order valence-corrected chi connectivity index (χ4v) is 3.91. The van der Waals surface area contributed by atoms with Crippen molar-refractivity contribution in [3.8, 4) is 0 Å². The molecule has 0 saturated heterocycles. The number of hydrogen-bond donors (Lipinski definition) is 3. The van der Waals surface area contributed by atoms with Crippen LogP contribution in [0.1, 0.15) is 77.2 Å². The van der Waals surface area contributed by atoms with Gasteiger partial charge < -0.3 is 21.3 Å². The van der Waals surface area contributed by atoms with E-state index in [2.05, 4.69) is 36.6 Å². The van der Waals surface area contributed by atoms with Gasteiger partial charge >= 0.3 is 0 Å². The molecule has 0 heterocycles. The van der Waals surface area contributed by atoms with Crippen LogP contribution in [0.5, 0.6) is 0 Å². The molecule has 1 rings (SSSR count). The fraction of sp³-hybridized carbons (Fsp3) is 0.692. The lowest BCUT2D eigenvalue weighted by molar-refractivity contribution is -0.135. The largest absolute Gasteiger partial charge is 0.347 e. The molecule has 0 aromatic heterocycles. The van der Waals surface area contributed by atoms with Gasteiger partial charge in [0, 0.05) is 20.1 Å². The fourth-order valence-electron chi connectivity index (χ4n) is 3.91. The quantitative estimate of drug-likeness (QED) is 0.319. The standard InChI is InChI=1S/C26H46N4O2/c1-5-7-16-22(17-8-6-2)28-24(20-21-14-10-9-11-15-21)25(31)29-23(18-12-13-19-27)26(32)30(3)4/h9-11,14-15,22-24,28H,5-8,12-13,16-20,27H2,1-4H3,(H,29,31)/t23-,24-/m0/s1. The van der Waals surface area contributed by atoms with Gasteiger partial charge in [0.05, 0.1) is 6.04 Å². The van der Waals surface area contributed by atoms with Crippen LogP contribution in [0.4, 0.5) is 0 Å². The van der Waals surface area contributed by atoms with E-state index in [9.17, 15) is 9.59 Å². The molecule has 0 unspecified atom stereocenters. The van der Waals surface area contributed by atoms with Crippen molar-refractivity contribution in [1.29, 1.82) is 0 Å². The third-order valence-electron chi connectivity index (χ3n) is 5.85. The third kappa shape index (κ3) is 11.1. The van der Waals surface area contributed by atoms with Crippen molar-refractivity contribution in [3.05, 3.63) is 35.9 Å². The predicted molar refractivity (Wildman–Crippen MR) is 133 cm³/mol. The highest BCUT2D eigenvalue weighted by Gasteiger charge is 2.28. The molecule has 32 heavy (non-hydrogen) atoms. The maximum atomic E-state index is 13.4. The summed E-state index contributed by atoms with van der Waals surface area (Å²) < 4.78 is 0. The number of amides is 2. The van der Waals surface area contributed by atoms with Crippen molar-refractivity contribution in [3.63, 3.8) is 0 Å². The van der Waals surface area contributed by atoms with Crippen LogP contribution in [0.25, 0.3) is 0 Å². The SMILES string of the molecule is CCCCC(CCCC)N[C@@H](Cc1ccccc1)C(=O)N[C@@H](CCCCN)C(=O)N(C)C. The third-order valence-corrected chi connectivity index (χ3v) is 5.85. The number of likely N-dealkylation sites (N-methyl/N-ethyl adjacent to an activating group) is 1. The number of nitrogens with one attached hydrogen (secondary N) is 2. The Morgan fingerprint density at radius 3 is 2.06 bits per heavy atom. The first-order valence-corrected chi connectivity index (χ1v) is 12.4. The number of rotatable bonds is 17. The van der Waals surface area contributed by atoms with Gasteiger partial charge in [-0.15, -0.1) is 0 Å². The Balaban J connectivity index is 3.00. The molecular formula is C26H46N4O2. The highest BCUT2D eigenvalue weighted by Crippen LogP contribution is 2.13. The first-order valence-electron chi connectivity index (χ1n) is 12.4. The van der Waals surface area contributed by atoms with E-state index in [-0.39, 0.29) is 17.9 Å². The molecule has 2 atom stereocenters. The number of nitrogens with two attached hydrogens (primary N) is 1. The van der Waals surface area contributed by atoms with E-state index >= 15 is 0 Å². The van der Waals surface area contributed by atoms with Crippen LogP contribution >= 0.6 is 0 Å². The topological polar surface area (TPSA) is 87.5 Å². The summed E-state index contributed by atoms with van der Waals surface area (Å²) in [7, 11) is 3.46. The Hall–Kier alpha value is -1.92. The van der Waals surface area contributed by atoms with Crippen molar-refractivity contribution in [2.45, 2.75) is 96.2 Å². The van der Waals surface area contributed by atoms with Gasteiger partial charge in [-0.05, 0) is 50.6 Å². The zero-order valence-electron chi connectivity index (χ0n) is 20.7. The Morgan fingerprint density at radius 2 is 1.53 bits per heavy atom. The molecule has 182 valence electrons. The predicted octanol–water partition coefficient (Wildman–Crippen LogP) is 3.64. The van der Waals surface area contributed by atoms with Gasteiger partial charge in [-0.25, -0.2) is 0 Å². The summed E-state index contributed by atoms with van der Waals surface area (Å²) >= 11 is 0. The first kappa shape index (κ1) is 28.1. The molecule has 0 aliphatic carbocycles. The second-order valence-electron chi connectivity index (χ2n) is 8.97. The number of unbranched alkanes of at least 4 members (excludes halogenated alkanes) is 3. The molecular weight excluding hydrogens is 400 g/mol. The summed E-state index contributed by atoms with van der Waals surface area (Å²) in [4.78, 5) is 27.7. The van der Waals surface area contributed by atoms with E-state index in [1.807, 2.05) is 18.2 Å². The Kier molecular flexibility index (Phi) is 14.7. The van der Waals surface area contributed by atoms with Gasteiger partial charge in [0.2, 0.25) is 11.8 Å². The highest BCUT2D eigenvalue weighted by molar-refractivity contribution is 5.89. The summed E-state index contributed by atoms with van der Waals surface area (Å²) in [5.74, 6) is -0.165. The minimum Gasteiger partial charge on any atom is -0.347 e. The minimum atomic E-state index is -0.520. The van der Waals surface area contributed by atoms with Crippen molar-refractivity contribution in [1.82, 2.24) is 15.5 Å². The van der Waals surface area contributed by atoms with Gasteiger partial charge in [0.15, 0.2) is 0 Å². The number of hydrogen-bond acceptors (Lipinski definition) is 4. The molecule has 0 bridgehead atoms.